The number of rotatable bonds is 1. The maximum absolute atomic E-state index is 2.61. The SMILES string of the molecule is C1=C(C2=CCCCCCCCCC2)CCCCCCCC1. The molecule has 2 aliphatic carbocycles. The smallest absolute Gasteiger partial charge is 0.0279 e. The molecule has 0 heteroatoms. The fraction of sp³-hybridized carbons (Fsp3) is 0.810. The maximum Gasteiger partial charge on any atom is -0.0279 e. The van der Waals surface area contributed by atoms with Gasteiger partial charge in [0.2, 0.25) is 0 Å². The van der Waals surface area contributed by atoms with Gasteiger partial charge in [0.05, 0.1) is 0 Å². The summed E-state index contributed by atoms with van der Waals surface area (Å²) in [6.45, 7) is 0. The molecule has 0 aliphatic heterocycles. The predicted molar refractivity (Wildman–Crippen MR) is 94.7 cm³/mol. The van der Waals surface area contributed by atoms with Gasteiger partial charge in [0.15, 0.2) is 0 Å². The van der Waals surface area contributed by atoms with E-state index in [0.717, 1.165) is 0 Å². The minimum Gasteiger partial charge on any atom is -0.0811 e. The summed E-state index contributed by atoms with van der Waals surface area (Å²) in [7, 11) is 0. The van der Waals surface area contributed by atoms with E-state index in [1.807, 2.05) is 0 Å². The van der Waals surface area contributed by atoms with Crippen LogP contribution in [-0.2, 0) is 0 Å². The van der Waals surface area contributed by atoms with E-state index in [1.165, 1.54) is 109 Å². The van der Waals surface area contributed by atoms with E-state index in [0.29, 0.717) is 0 Å². The van der Waals surface area contributed by atoms with Crippen molar-refractivity contribution in [1.82, 2.24) is 0 Å². The average molecular weight is 289 g/mol. The van der Waals surface area contributed by atoms with Crippen molar-refractivity contribution in [3.8, 4) is 0 Å². The lowest BCUT2D eigenvalue weighted by Gasteiger charge is -2.15. The lowest BCUT2D eigenvalue weighted by atomic mass is 9.91. The second-order valence-electron chi connectivity index (χ2n) is 7.13. The summed E-state index contributed by atoms with van der Waals surface area (Å²) in [5, 5.41) is 0. The Balaban J connectivity index is 1.97. The molecule has 0 radical (unpaired) electrons. The van der Waals surface area contributed by atoms with Crippen LogP contribution in [0.15, 0.2) is 23.3 Å². The summed E-state index contributed by atoms with van der Waals surface area (Å²) in [5.74, 6) is 0. The number of allylic oxidation sites excluding steroid dienone is 4. The van der Waals surface area contributed by atoms with Crippen molar-refractivity contribution in [2.75, 3.05) is 0 Å². The monoisotopic (exact) mass is 288 g/mol. The molecule has 0 heterocycles. The van der Waals surface area contributed by atoms with Gasteiger partial charge in [-0.05, 0) is 62.5 Å². The Labute approximate surface area is 133 Å². The first-order chi connectivity index (χ1) is 10.5. The molecule has 0 fully saturated rings. The van der Waals surface area contributed by atoms with E-state index in [2.05, 4.69) is 12.2 Å². The second kappa shape index (κ2) is 11.1. The third-order valence-corrected chi connectivity index (χ3v) is 5.24. The van der Waals surface area contributed by atoms with Gasteiger partial charge >= 0.3 is 0 Å². The number of hydrogen-bond donors (Lipinski definition) is 0. The van der Waals surface area contributed by atoms with Gasteiger partial charge in [-0.15, -0.1) is 0 Å². The molecule has 0 nitrogen and oxygen atoms in total. The molecule has 2 aliphatic rings. The van der Waals surface area contributed by atoms with Gasteiger partial charge in [-0.1, -0.05) is 69.9 Å². The van der Waals surface area contributed by atoms with Crippen molar-refractivity contribution < 1.29 is 0 Å². The summed E-state index contributed by atoms with van der Waals surface area (Å²) < 4.78 is 0. The first-order valence-electron chi connectivity index (χ1n) is 9.85. The van der Waals surface area contributed by atoms with Crippen LogP contribution in [-0.4, -0.2) is 0 Å². The zero-order valence-corrected chi connectivity index (χ0v) is 14.2. The molecule has 0 atom stereocenters. The molecule has 0 aromatic heterocycles. The average Bonchev–Trinajstić information content (AvgIpc) is 2.58. The molecule has 0 unspecified atom stereocenters. The van der Waals surface area contributed by atoms with Crippen molar-refractivity contribution in [3.05, 3.63) is 23.3 Å². The Morgan fingerprint density at radius 1 is 0.381 bits per heavy atom. The van der Waals surface area contributed by atoms with E-state index in [1.54, 1.807) is 11.1 Å². The summed E-state index contributed by atoms with van der Waals surface area (Å²) in [6.07, 6.45) is 29.4. The molecule has 0 aromatic rings. The van der Waals surface area contributed by atoms with Crippen molar-refractivity contribution in [2.24, 2.45) is 0 Å². The van der Waals surface area contributed by atoms with Gasteiger partial charge in [-0.25, -0.2) is 0 Å². The standard InChI is InChI=1S/C21H36/c1-2-5-9-13-17-20(16-12-8-4-1)21-18-14-10-6-3-7-11-15-19-21/h16,18H,1-15,17,19H2. The zero-order valence-electron chi connectivity index (χ0n) is 14.2. The van der Waals surface area contributed by atoms with Gasteiger partial charge in [0.1, 0.15) is 0 Å². The lowest BCUT2D eigenvalue weighted by molar-refractivity contribution is 0.580. The summed E-state index contributed by atoms with van der Waals surface area (Å²) >= 11 is 0. The molecule has 0 saturated carbocycles. The Morgan fingerprint density at radius 3 is 1.14 bits per heavy atom. The highest BCUT2D eigenvalue weighted by Crippen LogP contribution is 2.27. The Bertz CT molecular complexity index is 321. The molecule has 0 bridgehead atoms. The van der Waals surface area contributed by atoms with Crippen LogP contribution >= 0.6 is 0 Å². The van der Waals surface area contributed by atoms with Gasteiger partial charge in [-0.3, -0.25) is 0 Å². The predicted octanol–water partition coefficient (Wildman–Crippen LogP) is 7.50. The minimum absolute atomic E-state index is 1.33. The lowest BCUT2D eigenvalue weighted by Crippen LogP contribution is -1.95. The Hall–Kier alpha value is -0.520. The minimum atomic E-state index is 1.33. The van der Waals surface area contributed by atoms with Gasteiger partial charge in [0, 0.05) is 0 Å². The van der Waals surface area contributed by atoms with E-state index >= 15 is 0 Å². The Kier molecular flexibility index (Phi) is 8.90. The summed E-state index contributed by atoms with van der Waals surface area (Å²) in [6, 6.07) is 0. The maximum atomic E-state index is 2.61. The fourth-order valence-electron chi connectivity index (χ4n) is 3.85. The van der Waals surface area contributed by atoms with Crippen LogP contribution in [0, 0.1) is 0 Å². The van der Waals surface area contributed by atoms with Crippen molar-refractivity contribution in [3.63, 3.8) is 0 Å². The largest absolute Gasteiger partial charge is 0.0811 e. The number of hydrogen-bond acceptors (Lipinski definition) is 0. The molecule has 2 rings (SSSR count). The topological polar surface area (TPSA) is 0 Å². The van der Waals surface area contributed by atoms with Crippen LogP contribution in [0.4, 0.5) is 0 Å². The van der Waals surface area contributed by atoms with Gasteiger partial charge < -0.3 is 0 Å². The summed E-state index contributed by atoms with van der Waals surface area (Å²) in [5.41, 5.74) is 3.47. The van der Waals surface area contributed by atoms with Crippen molar-refractivity contribution >= 4 is 0 Å². The van der Waals surface area contributed by atoms with Crippen LogP contribution in [0.5, 0.6) is 0 Å². The zero-order chi connectivity index (χ0) is 14.6. The normalized spacial score (nSPS) is 24.4. The van der Waals surface area contributed by atoms with Crippen LogP contribution in [0.3, 0.4) is 0 Å². The molecule has 0 spiro atoms. The first-order valence-corrected chi connectivity index (χ1v) is 9.85. The van der Waals surface area contributed by atoms with E-state index < -0.39 is 0 Å². The molecule has 0 aromatic carbocycles. The molecule has 0 N–H and O–H groups in total. The third-order valence-electron chi connectivity index (χ3n) is 5.24. The van der Waals surface area contributed by atoms with Crippen molar-refractivity contribution in [1.29, 1.82) is 0 Å². The van der Waals surface area contributed by atoms with Crippen LogP contribution in [0.2, 0.25) is 0 Å². The molecular formula is C21H36. The fourth-order valence-corrected chi connectivity index (χ4v) is 3.85. The van der Waals surface area contributed by atoms with E-state index in [9.17, 15) is 0 Å². The quantitative estimate of drug-likeness (QED) is 0.468. The highest BCUT2D eigenvalue weighted by molar-refractivity contribution is 5.31. The van der Waals surface area contributed by atoms with E-state index in [4.69, 9.17) is 0 Å². The third kappa shape index (κ3) is 7.34. The van der Waals surface area contributed by atoms with Gasteiger partial charge in [-0.2, -0.15) is 0 Å². The molecule has 21 heavy (non-hydrogen) atoms. The molecular weight excluding hydrogens is 252 g/mol. The molecule has 0 amide bonds. The molecule has 0 saturated heterocycles. The van der Waals surface area contributed by atoms with Gasteiger partial charge in [0.25, 0.3) is 0 Å². The van der Waals surface area contributed by atoms with Crippen LogP contribution in [0.25, 0.3) is 0 Å². The second-order valence-corrected chi connectivity index (χ2v) is 7.13. The highest BCUT2D eigenvalue weighted by Gasteiger charge is 2.08. The first kappa shape index (κ1) is 16.8. The highest BCUT2D eigenvalue weighted by atomic mass is 14.1. The van der Waals surface area contributed by atoms with Crippen LogP contribution < -0.4 is 0 Å². The van der Waals surface area contributed by atoms with Crippen molar-refractivity contribution in [2.45, 2.75) is 109 Å². The van der Waals surface area contributed by atoms with E-state index in [-0.39, 0.29) is 0 Å². The summed E-state index contributed by atoms with van der Waals surface area (Å²) in [4.78, 5) is 0. The van der Waals surface area contributed by atoms with Crippen LogP contribution in [0.1, 0.15) is 109 Å². The molecule has 120 valence electrons. The Morgan fingerprint density at radius 2 is 0.714 bits per heavy atom.